The summed E-state index contributed by atoms with van der Waals surface area (Å²) in [7, 11) is 0. The van der Waals surface area contributed by atoms with E-state index in [1.165, 1.54) is 50.0 Å². The van der Waals surface area contributed by atoms with E-state index in [0.29, 0.717) is 0 Å². The van der Waals surface area contributed by atoms with Gasteiger partial charge in [0, 0.05) is 31.2 Å². The van der Waals surface area contributed by atoms with Crippen LogP contribution in [0.3, 0.4) is 0 Å². The Balaban J connectivity index is 1.43. The molecule has 0 bridgehead atoms. The Morgan fingerprint density at radius 2 is 1.71 bits per heavy atom. The van der Waals surface area contributed by atoms with Gasteiger partial charge in [0.25, 0.3) is 0 Å². The van der Waals surface area contributed by atoms with Crippen molar-refractivity contribution in [2.24, 2.45) is 5.92 Å². The lowest BCUT2D eigenvalue weighted by Gasteiger charge is -2.17. The monoisotopic (exact) mass is 286 g/mol. The fourth-order valence-electron chi connectivity index (χ4n) is 3.51. The lowest BCUT2D eigenvalue weighted by atomic mass is 10.1. The molecule has 0 unspecified atom stereocenters. The van der Waals surface area contributed by atoms with Crippen LogP contribution in [0.4, 0.5) is 5.69 Å². The Morgan fingerprint density at radius 3 is 2.38 bits per heavy atom. The lowest BCUT2D eigenvalue weighted by Crippen LogP contribution is -2.30. The van der Waals surface area contributed by atoms with Gasteiger partial charge in [-0.1, -0.05) is 25.0 Å². The second-order valence-corrected chi connectivity index (χ2v) is 6.38. The summed E-state index contributed by atoms with van der Waals surface area (Å²) in [5.74, 6) is 0.545. The van der Waals surface area contributed by atoms with Crippen LogP contribution in [0.25, 0.3) is 0 Å². The summed E-state index contributed by atoms with van der Waals surface area (Å²) in [4.78, 5) is 14.4. The Labute approximate surface area is 127 Å². The summed E-state index contributed by atoms with van der Waals surface area (Å²) in [6, 6.07) is 8.85. The molecule has 1 heterocycles. The molecule has 21 heavy (non-hydrogen) atoms. The second-order valence-electron chi connectivity index (χ2n) is 6.38. The minimum Gasteiger partial charge on any atom is -0.372 e. The summed E-state index contributed by atoms with van der Waals surface area (Å²) in [5, 5.41) is 3.09. The number of benzene rings is 1. The molecule has 0 spiro atoms. The van der Waals surface area contributed by atoms with E-state index < -0.39 is 0 Å². The van der Waals surface area contributed by atoms with E-state index in [0.717, 1.165) is 25.8 Å². The highest BCUT2D eigenvalue weighted by atomic mass is 16.1. The molecule has 0 atom stereocenters. The van der Waals surface area contributed by atoms with Crippen LogP contribution in [-0.2, 0) is 11.2 Å². The van der Waals surface area contributed by atoms with Gasteiger partial charge in [-0.05, 0) is 49.8 Å². The molecular weight excluding hydrogens is 260 g/mol. The van der Waals surface area contributed by atoms with Gasteiger partial charge in [-0.3, -0.25) is 4.79 Å². The molecule has 1 aliphatic heterocycles. The summed E-state index contributed by atoms with van der Waals surface area (Å²) >= 11 is 0. The van der Waals surface area contributed by atoms with Crippen LogP contribution in [0.5, 0.6) is 0 Å². The SMILES string of the molecule is O=C(NCCc1ccc(N2CCCC2)cc1)C1CCCC1. The first-order valence-corrected chi connectivity index (χ1v) is 8.44. The van der Waals surface area contributed by atoms with E-state index in [1.54, 1.807) is 0 Å². The maximum absolute atomic E-state index is 11.9. The third kappa shape index (κ3) is 3.78. The van der Waals surface area contributed by atoms with Crippen LogP contribution in [0.15, 0.2) is 24.3 Å². The van der Waals surface area contributed by atoms with Gasteiger partial charge < -0.3 is 10.2 Å². The highest BCUT2D eigenvalue weighted by Crippen LogP contribution is 2.24. The van der Waals surface area contributed by atoms with Crippen molar-refractivity contribution in [2.45, 2.75) is 44.9 Å². The number of carbonyl (C=O) groups excluding carboxylic acids is 1. The summed E-state index contributed by atoms with van der Waals surface area (Å²) in [6.45, 7) is 3.14. The molecule has 3 nitrogen and oxygen atoms in total. The Kier molecular flexibility index (Phi) is 4.79. The number of anilines is 1. The molecule has 3 rings (SSSR count). The number of hydrogen-bond donors (Lipinski definition) is 1. The van der Waals surface area contributed by atoms with E-state index in [9.17, 15) is 4.79 Å². The van der Waals surface area contributed by atoms with Gasteiger partial charge in [-0.15, -0.1) is 0 Å². The first-order chi connectivity index (χ1) is 10.3. The van der Waals surface area contributed by atoms with Crippen LogP contribution in [-0.4, -0.2) is 25.5 Å². The van der Waals surface area contributed by atoms with Crippen LogP contribution in [0.1, 0.15) is 44.1 Å². The van der Waals surface area contributed by atoms with E-state index in [2.05, 4.69) is 34.5 Å². The topological polar surface area (TPSA) is 32.3 Å². The third-order valence-electron chi connectivity index (χ3n) is 4.85. The molecule has 114 valence electrons. The van der Waals surface area contributed by atoms with Crippen LogP contribution < -0.4 is 10.2 Å². The maximum Gasteiger partial charge on any atom is 0.223 e. The molecule has 3 heteroatoms. The largest absolute Gasteiger partial charge is 0.372 e. The van der Waals surface area contributed by atoms with Gasteiger partial charge in [0.1, 0.15) is 0 Å². The lowest BCUT2D eigenvalue weighted by molar-refractivity contribution is -0.124. The quantitative estimate of drug-likeness (QED) is 0.902. The zero-order valence-corrected chi connectivity index (χ0v) is 12.8. The Hall–Kier alpha value is -1.51. The van der Waals surface area contributed by atoms with E-state index in [4.69, 9.17) is 0 Å². The van der Waals surface area contributed by atoms with Crippen molar-refractivity contribution < 1.29 is 4.79 Å². The predicted octanol–water partition coefficient (Wildman–Crippen LogP) is 3.14. The second kappa shape index (κ2) is 6.97. The third-order valence-corrected chi connectivity index (χ3v) is 4.85. The van der Waals surface area contributed by atoms with Crippen LogP contribution in [0.2, 0.25) is 0 Å². The number of nitrogens with one attached hydrogen (secondary N) is 1. The van der Waals surface area contributed by atoms with Crippen molar-refractivity contribution in [2.75, 3.05) is 24.5 Å². The molecule has 1 aromatic carbocycles. The molecule has 1 aromatic rings. The summed E-state index contributed by atoms with van der Waals surface area (Å²) in [5.41, 5.74) is 2.65. The fourth-order valence-corrected chi connectivity index (χ4v) is 3.51. The standard InChI is InChI=1S/C18H26N2O/c21-18(16-5-1-2-6-16)19-12-11-15-7-9-17(10-8-15)20-13-3-4-14-20/h7-10,16H,1-6,11-14H2,(H,19,21). The average Bonchev–Trinajstić information content (AvgIpc) is 3.21. The number of nitrogens with zero attached hydrogens (tertiary/aromatic N) is 1. The van der Waals surface area contributed by atoms with Crippen molar-refractivity contribution >= 4 is 11.6 Å². The minimum absolute atomic E-state index is 0.265. The summed E-state index contributed by atoms with van der Waals surface area (Å²) < 4.78 is 0. The van der Waals surface area contributed by atoms with Crippen LogP contribution >= 0.6 is 0 Å². The molecule has 0 aromatic heterocycles. The average molecular weight is 286 g/mol. The molecule has 2 aliphatic rings. The Bertz CT molecular complexity index is 457. The van der Waals surface area contributed by atoms with Crippen LogP contribution in [0, 0.1) is 5.92 Å². The number of carbonyl (C=O) groups is 1. The number of rotatable bonds is 5. The van der Waals surface area contributed by atoms with Gasteiger partial charge in [-0.25, -0.2) is 0 Å². The van der Waals surface area contributed by atoms with Gasteiger partial charge >= 0.3 is 0 Å². The van der Waals surface area contributed by atoms with Crippen molar-refractivity contribution in [1.29, 1.82) is 0 Å². The van der Waals surface area contributed by atoms with Gasteiger partial charge in [0.15, 0.2) is 0 Å². The molecule has 1 N–H and O–H groups in total. The Morgan fingerprint density at radius 1 is 1.05 bits per heavy atom. The molecule has 1 saturated heterocycles. The number of amides is 1. The normalized spacial score (nSPS) is 19.1. The maximum atomic E-state index is 11.9. The van der Waals surface area contributed by atoms with Crippen molar-refractivity contribution in [3.05, 3.63) is 29.8 Å². The van der Waals surface area contributed by atoms with Gasteiger partial charge in [-0.2, -0.15) is 0 Å². The highest BCUT2D eigenvalue weighted by Gasteiger charge is 2.21. The first kappa shape index (κ1) is 14.4. The zero-order chi connectivity index (χ0) is 14.5. The first-order valence-electron chi connectivity index (χ1n) is 8.44. The molecular formula is C18H26N2O. The van der Waals surface area contributed by atoms with Crippen molar-refractivity contribution in [1.82, 2.24) is 5.32 Å². The molecule has 2 fully saturated rings. The molecule has 1 saturated carbocycles. The summed E-state index contributed by atoms with van der Waals surface area (Å²) in [6.07, 6.45) is 8.15. The number of hydrogen-bond acceptors (Lipinski definition) is 2. The molecule has 1 amide bonds. The van der Waals surface area contributed by atoms with Crippen molar-refractivity contribution in [3.63, 3.8) is 0 Å². The highest BCUT2D eigenvalue weighted by molar-refractivity contribution is 5.78. The predicted molar refractivity (Wildman–Crippen MR) is 86.6 cm³/mol. The molecule has 1 aliphatic carbocycles. The zero-order valence-electron chi connectivity index (χ0n) is 12.8. The smallest absolute Gasteiger partial charge is 0.223 e. The van der Waals surface area contributed by atoms with E-state index in [1.807, 2.05) is 0 Å². The fraction of sp³-hybridized carbons (Fsp3) is 0.611. The van der Waals surface area contributed by atoms with Gasteiger partial charge in [0.05, 0.1) is 0 Å². The van der Waals surface area contributed by atoms with E-state index >= 15 is 0 Å². The minimum atomic E-state index is 0.265. The van der Waals surface area contributed by atoms with E-state index in [-0.39, 0.29) is 11.8 Å². The molecule has 0 radical (unpaired) electrons. The van der Waals surface area contributed by atoms with Gasteiger partial charge in [0.2, 0.25) is 5.91 Å². The van der Waals surface area contributed by atoms with Crippen molar-refractivity contribution in [3.8, 4) is 0 Å².